The zero-order valence-corrected chi connectivity index (χ0v) is 11.1. The summed E-state index contributed by atoms with van der Waals surface area (Å²) in [5.74, 6) is -1.00. The number of hydrogen-bond acceptors (Lipinski definition) is 4. The van der Waals surface area contributed by atoms with Gasteiger partial charge in [-0.3, -0.25) is 4.98 Å². The summed E-state index contributed by atoms with van der Waals surface area (Å²) in [6, 6.07) is 1.64. The minimum Gasteiger partial charge on any atom is -0.478 e. The van der Waals surface area contributed by atoms with Crippen molar-refractivity contribution >= 4 is 11.7 Å². The number of carboxylic acids is 1. The van der Waals surface area contributed by atoms with Crippen LogP contribution in [-0.2, 0) is 0 Å². The first-order valence-electron chi connectivity index (χ1n) is 6.72. The molecule has 19 heavy (non-hydrogen) atoms. The van der Waals surface area contributed by atoms with E-state index in [4.69, 9.17) is 5.11 Å². The van der Waals surface area contributed by atoms with Crippen LogP contribution in [0.5, 0.6) is 0 Å². The smallest absolute Gasteiger partial charge is 0.339 e. The third kappa shape index (κ3) is 3.44. The highest BCUT2D eigenvalue weighted by molar-refractivity contribution is 5.93. The molecule has 0 aromatic carbocycles. The number of pyridine rings is 1. The van der Waals surface area contributed by atoms with Gasteiger partial charge in [0.05, 0.1) is 17.8 Å². The van der Waals surface area contributed by atoms with Crippen molar-refractivity contribution in [3.63, 3.8) is 0 Å². The van der Waals surface area contributed by atoms with E-state index in [0.29, 0.717) is 5.69 Å². The van der Waals surface area contributed by atoms with E-state index < -0.39 is 12.1 Å². The van der Waals surface area contributed by atoms with E-state index in [1.807, 2.05) is 6.92 Å². The Kier molecular flexibility index (Phi) is 4.37. The number of aliphatic hydroxyl groups excluding tert-OH is 1. The van der Waals surface area contributed by atoms with Crippen molar-refractivity contribution in [1.29, 1.82) is 0 Å². The predicted octanol–water partition coefficient (Wildman–Crippen LogP) is 2.19. The van der Waals surface area contributed by atoms with Crippen molar-refractivity contribution in [1.82, 2.24) is 4.98 Å². The Morgan fingerprint density at radius 1 is 1.37 bits per heavy atom. The van der Waals surface area contributed by atoms with Crippen LogP contribution in [-0.4, -0.2) is 33.3 Å². The minimum atomic E-state index is -1.00. The molecule has 0 amide bonds. The summed E-state index contributed by atoms with van der Waals surface area (Å²) in [4.78, 5) is 15.2. The lowest BCUT2D eigenvalue weighted by atomic mass is 10.0. The van der Waals surface area contributed by atoms with Crippen LogP contribution >= 0.6 is 0 Å². The molecule has 2 unspecified atom stereocenters. The van der Waals surface area contributed by atoms with Gasteiger partial charge in [-0.15, -0.1) is 0 Å². The Bertz CT molecular complexity index is 462. The van der Waals surface area contributed by atoms with Crippen LogP contribution < -0.4 is 5.32 Å². The van der Waals surface area contributed by atoms with Gasteiger partial charge in [-0.25, -0.2) is 4.79 Å². The molecule has 5 nitrogen and oxygen atoms in total. The molecule has 0 bridgehead atoms. The predicted molar refractivity (Wildman–Crippen MR) is 72.4 cm³/mol. The normalized spacial score (nSPS) is 23.7. The fourth-order valence-corrected chi connectivity index (χ4v) is 2.51. The second-order valence-electron chi connectivity index (χ2n) is 5.13. The second-order valence-corrected chi connectivity index (χ2v) is 5.13. The molecule has 0 spiro atoms. The molecule has 2 rings (SSSR count). The van der Waals surface area contributed by atoms with Gasteiger partial charge >= 0.3 is 5.97 Å². The van der Waals surface area contributed by atoms with E-state index in [1.165, 1.54) is 6.20 Å². The zero-order valence-electron chi connectivity index (χ0n) is 11.1. The van der Waals surface area contributed by atoms with Gasteiger partial charge < -0.3 is 15.5 Å². The lowest BCUT2D eigenvalue weighted by Gasteiger charge is -2.23. The minimum absolute atomic E-state index is 0.0811. The average Bonchev–Trinajstić information content (AvgIpc) is 2.55. The van der Waals surface area contributed by atoms with Crippen LogP contribution in [0.4, 0.5) is 5.69 Å². The van der Waals surface area contributed by atoms with Crippen molar-refractivity contribution in [2.45, 2.75) is 51.2 Å². The van der Waals surface area contributed by atoms with E-state index in [2.05, 4.69) is 10.3 Å². The Balaban J connectivity index is 2.21. The number of aryl methyl sites for hydroxylation is 1. The van der Waals surface area contributed by atoms with Gasteiger partial charge in [0.1, 0.15) is 5.56 Å². The van der Waals surface area contributed by atoms with Crippen LogP contribution in [0, 0.1) is 6.92 Å². The fourth-order valence-electron chi connectivity index (χ4n) is 2.51. The van der Waals surface area contributed by atoms with Crippen molar-refractivity contribution in [2.75, 3.05) is 5.32 Å². The summed E-state index contributed by atoms with van der Waals surface area (Å²) in [7, 11) is 0. The maximum absolute atomic E-state index is 11.2. The Hall–Kier alpha value is -1.62. The molecule has 3 N–H and O–H groups in total. The van der Waals surface area contributed by atoms with Crippen molar-refractivity contribution in [3.8, 4) is 0 Å². The van der Waals surface area contributed by atoms with Gasteiger partial charge in [0, 0.05) is 11.9 Å². The molecule has 1 aliphatic rings. The average molecular weight is 264 g/mol. The first-order valence-corrected chi connectivity index (χ1v) is 6.72. The first-order chi connectivity index (χ1) is 9.08. The molecule has 1 aliphatic carbocycles. The van der Waals surface area contributed by atoms with Crippen LogP contribution in [0.25, 0.3) is 0 Å². The Morgan fingerprint density at radius 2 is 2.11 bits per heavy atom. The number of aromatic nitrogens is 1. The molecular formula is C14H20N2O3. The summed E-state index contributed by atoms with van der Waals surface area (Å²) < 4.78 is 0. The van der Waals surface area contributed by atoms with E-state index in [1.54, 1.807) is 6.07 Å². The summed E-state index contributed by atoms with van der Waals surface area (Å²) in [6.45, 7) is 1.82. The number of rotatable bonds is 3. The molecule has 5 heteroatoms. The topological polar surface area (TPSA) is 82.5 Å². The Morgan fingerprint density at radius 3 is 2.84 bits per heavy atom. The second kappa shape index (κ2) is 6.02. The SMILES string of the molecule is Cc1cc(NC2CCCCCC2O)c(C(=O)O)cn1. The van der Waals surface area contributed by atoms with E-state index in [9.17, 15) is 9.90 Å². The monoisotopic (exact) mass is 264 g/mol. The molecule has 0 aliphatic heterocycles. The maximum atomic E-state index is 11.2. The molecule has 1 saturated carbocycles. The molecule has 2 atom stereocenters. The van der Waals surface area contributed by atoms with Gasteiger partial charge in [0.2, 0.25) is 0 Å². The van der Waals surface area contributed by atoms with Crippen LogP contribution in [0.1, 0.15) is 48.2 Å². The van der Waals surface area contributed by atoms with E-state index >= 15 is 0 Å². The summed E-state index contributed by atoms with van der Waals surface area (Å²) in [5, 5.41) is 22.4. The van der Waals surface area contributed by atoms with Gasteiger partial charge in [-0.05, 0) is 25.8 Å². The number of nitrogens with one attached hydrogen (secondary N) is 1. The van der Waals surface area contributed by atoms with E-state index in [-0.39, 0.29) is 11.6 Å². The third-order valence-electron chi connectivity index (χ3n) is 3.59. The quantitative estimate of drug-likeness (QED) is 0.729. The highest BCUT2D eigenvalue weighted by atomic mass is 16.4. The van der Waals surface area contributed by atoms with Gasteiger partial charge in [-0.2, -0.15) is 0 Å². The molecule has 0 radical (unpaired) electrons. The number of hydrogen-bond donors (Lipinski definition) is 3. The number of anilines is 1. The van der Waals surface area contributed by atoms with Crippen LogP contribution in [0.2, 0.25) is 0 Å². The van der Waals surface area contributed by atoms with Gasteiger partial charge in [0.25, 0.3) is 0 Å². The first kappa shape index (κ1) is 13.8. The number of nitrogens with zero attached hydrogens (tertiary/aromatic N) is 1. The standard InChI is InChI=1S/C14H20N2O3/c1-9-7-12(10(8-15-9)14(18)19)16-11-5-3-2-4-6-13(11)17/h7-8,11,13,17H,2-6H2,1H3,(H,15,16)(H,18,19). The third-order valence-corrected chi connectivity index (χ3v) is 3.59. The highest BCUT2D eigenvalue weighted by Crippen LogP contribution is 2.24. The summed E-state index contributed by atoms with van der Waals surface area (Å²) >= 11 is 0. The van der Waals surface area contributed by atoms with Crippen molar-refractivity contribution in [2.24, 2.45) is 0 Å². The maximum Gasteiger partial charge on any atom is 0.339 e. The van der Waals surface area contributed by atoms with Crippen LogP contribution in [0.15, 0.2) is 12.3 Å². The van der Waals surface area contributed by atoms with E-state index in [0.717, 1.165) is 37.8 Å². The molecular weight excluding hydrogens is 244 g/mol. The molecule has 1 heterocycles. The summed E-state index contributed by atoms with van der Waals surface area (Å²) in [5.41, 5.74) is 1.46. The molecule has 1 aromatic rings. The molecule has 1 aromatic heterocycles. The lowest BCUT2D eigenvalue weighted by molar-refractivity contribution is 0.0697. The van der Waals surface area contributed by atoms with Crippen molar-refractivity contribution < 1.29 is 15.0 Å². The van der Waals surface area contributed by atoms with Gasteiger partial charge in [0.15, 0.2) is 0 Å². The highest BCUT2D eigenvalue weighted by Gasteiger charge is 2.23. The number of aliphatic hydroxyl groups is 1. The molecule has 1 fully saturated rings. The van der Waals surface area contributed by atoms with Gasteiger partial charge in [-0.1, -0.05) is 19.3 Å². The lowest BCUT2D eigenvalue weighted by Crippen LogP contribution is -2.33. The number of aromatic carboxylic acids is 1. The van der Waals surface area contributed by atoms with Crippen LogP contribution in [0.3, 0.4) is 0 Å². The summed E-state index contributed by atoms with van der Waals surface area (Å²) in [6.07, 6.45) is 5.78. The zero-order chi connectivity index (χ0) is 13.8. The largest absolute Gasteiger partial charge is 0.478 e. The number of carboxylic acid groups (broad SMARTS) is 1. The number of carbonyl (C=O) groups is 1. The van der Waals surface area contributed by atoms with Crippen molar-refractivity contribution in [3.05, 3.63) is 23.5 Å². The molecule has 104 valence electrons. The Labute approximate surface area is 112 Å². The molecule has 0 saturated heterocycles. The fraction of sp³-hybridized carbons (Fsp3) is 0.571.